The van der Waals surface area contributed by atoms with Crippen LogP contribution >= 0.6 is 12.4 Å². The van der Waals surface area contributed by atoms with Crippen molar-refractivity contribution in [3.8, 4) is 11.5 Å². The molecule has 5 nitrogen and oxygen atoms in total. The fourth-order valence-electron chi connectivity index (χ4n) is 1.41. The number of amides is 1. The molecule has 0 fully saturated rings. The van der Waals surface area contributed by atoms with Crippen molar-refractivity contribution in [1.29, 1.82) is 0 Å². The van der Waals surface area contributed by atoms with E-state index >= 15 is 0 Å². The molecule has 1 aromatic carbocycles. The SMILES string of the molecule is CCOc1ccccc1OCC(=O)NCC(C)NC.Cl. The van der Waals surface area contributed by atoms with Gasteiger partial charge < -0.3 is 20.1 Å². The highest BCUT2D eigenvalue weighted by atomic mass is 35.5. The number of carbonyl (C=O) groups is 1. The Morgan fingerprint density at radius 1 is 1.25 bits per heavy atom. The van der Waals surface area contributed by atoms with E-state index in [4.69, 9.17) is 9.47 Å². The molecular formula is C14H23ClN2O3. The van der Waals surface area contributed by atoms with Crippen molar-refractivity contribution >= 4 is 18.3 Å². The zero-order valence-electron chi connectivity index (χ0n) is 12.1. The van der Waals surface area contributed by atoms with Crippen molar-refractivity contribution in [2.45, 2.75) is 19.9 Å². The lowest BCUT2D eigenvalue weighted by Gasteiger charge is -2.13. The van der Waals surface area contributed by atoms with E-state index in [2.05, 4.69) is 10.6 Å². The van der Waals surface area contributed by atoms with Gasteiger partial charge in [0.1, 0.15) is 0 Å². The van der Waals surface area contributed by atoms with Crippen molar-refractivity contribution in [1.82, 2.24) is 10.6 Å². The highest BCUT2D eigenvalue weighted by Crippen LogP contribution is 2.26. The van der Waals surface area contributed by atoms with Crippen LogP contribution in [0, 0.1) is 0 Å². The third-order valence-electron chi connectivity index (χ3n) is 2.61. The van der Waals surface area contributed by atoms with E-state index in [0.29, 0.717) is 24.7 Å². The number of nitrogens with one attached hydrogen (secondary N) is 2. The molecule has 0 saturated carbocycles. The highest BCUT2D eigenvalue weighted by molar-refractivity contribution is 5.85. The number of ether oxygens (including phenoxy) is 2. The molecule has 1 amide bonds. The van der Waals surface area contributed by atoms with E-state index in [9.17, 15) is 4.79 Å². The Morgan fingerprint density at radius 3 is 2.40 bits per heavy atom. The lowest BCUT2D eigenvalue weighted by molar-refractivity contribution is -0.123. The van der Waals surface area contributed by atoms with Crippen LogP contribution < -0.4 is 20.1 Å². The second kappa shape index (κ2) is 10.3. The molecule has 0 radical (unpaired) electrons. The third-order valence-corrected chi connectivity index (χ3v) is 2.61. The van der Waals surface area contributed by atoms with Gasteiger partial charge in [-0.2, -0.15) is 0 Å². The molecule has 1 aromatic rings. The van der Waals surface area contributed by atoms with E-state index in [0.717, 1.165) is 0 Å². The average Bonchev–Trinajstić information content (AvgIpc) is 2.44. The maximum atomic E-state index is 11.6. The number of hydrogen-bond acceptors (Lipinski definition) is 4. The smallest absolute Gasteiger partial charge is 0.257 e. The first-order chi connectivity index (χ1) is 9.17. The van der Waals surface area contributed by atoms with Crippen molar-refractivity contribution < 1.29 is 14.3 Å². The number of para-hydroxylation sites is 2. The van der Waals surface area contributed by atoms with Crippen LogP contribution in [0.5, 0.6) is 11.5 Å². The molecule has 6 heteroatoms. The summed E-state index contributed by atoms with van der Waals surface area (Å²) in [6.07, 6.45) is 0. The number of hydrogen-bond donors (Lipinski definition) is 2. The van der Waals surface area contributed by atoms with E-state index in [1.165, 1.54) is 0 Å². The van der Waals surface area contributed by atoms with Crippen molar-refractivity contribution in [3.05, 3.63) is 24.3 Å². The summed E-state index contributed by atoms with van der Waals surface area (Å²) < 4.78 is 10.9. The molecule has 0 aliphatic heterocycles. The van der Waals surface area contributed by atoms with Gasteiger partial charge in [0.05, 0.1) is 6.61 Å². The Balaban J connectivity index is 0.00000361. The molecule has 2 N–H and O–H groups in total. The molecule has 114 valence electrons. The number of halogens is 1. The summed E-state index contributed by atoms with van der Waals surface area (Å²) in [4.78, 5) is 11.6. The maximum absolute atomic E-state index is 11.6. The largest absolute Gasteiger partial charge is 0.490 e. The Hall–Kier alpha value is -1.46. The minimum Gasteiger partial charge on any atom is -0.490 e. The lowest BCUT2D eigenvalue weighted by atomic mass is 10.3. The van der Waals surface area contributed by atoms with E-state index in [1.54, 1.807) is 6.07 Å². The van der Waals surface area contributed by atoms with Gasteiger partial charge in [-0.1, -0.05) is 12.1 Å². The highest BCUT2D eigenvalue weighted by Gasteiger charge is 2.07. The van der Waals surface area contributed by atoms with E-state index in [1.807, 2.05) is 39.1 Å². The molecule has 1 rings (SSSR count). The van der Waals surface area contributed by atoms with Gasteiger partial charge in [0.15, 0.2) is 18.1 Å². The molecule has 0 bridgehead atoms. The molecule has 1 unspecified atom stereocenters. The summed E-state index contributed by atoms with van der Waals surface area (Å²) in [6.45, 7) is 5.02. The number of likely N-dealkylation sites (N-methyl/N-ethyl adjacent to an activating group) is 1. The van der Waals surface area contributed by atoms with Gasteiger partial charge in [0.25, 0.3) is 5.91 Å². The fraction of sp³-hybridized carbons (Fsp3) is 0.500. The third kappa shape index (κ3) is 6.63. The summed E-state index contributed by atoms with van der Waals surface area (Å²) in [7, 11) is 1.85. The first-order valence-corrected chi connectivity index (χ1v) is 6.46. The van der Waals surface area contributed by atoms with Crippen LogP contribution in [-0.2, 0) is 4.79 Å². The normalized spacial score (nSPS) is 11.2. The predicted octanol–water partition coefficient (Wildman–Crippen LogP) is 1.61. The second-order valence-corrected chi connectivity index (χ2v) is 4.16. The zero-order chi connectivity index (χ0) is 14.1. The minimum atomic E-state index is -0.145. The monoisotopic (exact) mass is 302 g/mol. The molecule has 0 aliphatic carbocycles. The van der Waals surface area contributed by atoms with Crippen LogP contribution in [0.1, 0.15) is 13.8 Å². The van der Waals surface area contributed by atoms with Crippen molar-refractivity contribution in [2.24, 2.45) is 0 Å². The minimum absolute atomic E-state index is 0. The Labute approximate surface area is 126 Å². The van der Waals surface area contributed by atoms with E-state index in [-0.39, 0.29) is 31.0 Å². The molecule has 0 aromatic heterocycles. The predicted molar refractivity (Wildman–Crippen MR) is 81.9 cm³/mol. The van der Waals surface area contributed by atoms with Gasteiger partial charge in [0, 0.05) is 12.6 Å². The van der Waals surface area contributed by atoms with E-state index < -0.39 is 0 Å². The first-order valence-electron chi connectivity index (χ1n) is 6.46. The summed E-state index contributed by atoms with van der Waals surface area (Å²) in [6, 6.07) is 7.55. The van der Waals surface area contributed by atoms with Crippen molar-refractivity contribution in [3.63, 3.8) is 0 Å². The first kappa shape index (κ1) is 18.5. The lowest BCUT2D eigenvalue weighted by Crippen LogP contribution is -2.39. The van der Waals surface area contributed by atoms with Gasteiger partial charge in [-0.05, 0) is 33.0 Å². The maximum Gasteiger partial charge on any atom is 0.257 e. The van der Waals surface area contributed by atoms with Gasteiger partial charge >= 0.3 is 0 Å². The molecule has 20 heavy (non-hydrogen) atoms. The Morgan fingerprint density at radius 2 is 1.85 bits per heavy atom. The summed E-state index contributed by atoms with van der Waals surface area (Å²) in [5, 5.41) is 5.83. The number of carbonyl (C=O) groups excluding carboxylic acids is 1. The van der Waals surface area contributed by atoms with Crippen LogP contribution in [0.2, 0.25) is 0 Å². The standard InChI is InChI=1S/C14H22N2O3.ClH/c1-4-18-12-7-5-6-8-13(12)19-10-14(17)16-9-11(2)15-3;/h5-8,11,15H,4,9-10H2,1-3H3,(H,16,17);1H. The van der Waals surface area contributed by atoms with Gasteiger partial charge in [-0.15, -0.1) is 12.4 Å². The number of benzene rings is 1. The molecule has 0 spiro atoms. The van der Waals surface area contributed by atoms with Crippen LogP contribution in [0.25, 0.3) is 0 Å². The van der Waals surface area contributed by atoms with Gasteiger partial charge in [-0.3, -0.25) is 4.79 Å². The molecular weight excluding hydrogens is 280 g/mol. The summed E-state index contributed by atoms with van der Waals surface area (Å²) in [5.74, 6) is 1.09. The van der Waals surface area contributed by atoms with Crippen LogP contribution in [0.15, 0.2) is 24.3 Å². The van der Waals surface area contributed by atoms with Crippen molar-refractivity contribution in [2.75, 3.05) is 26.8 Å². The fourth-order valence-corrected chi connectivity index (χ4v) is 1.41. The Bertz CT molecular complexity index is 402. The second-order valence-electron chi connectivity index (χ2n) is 4.16. The van der Waals surface area contributed by atoms with Crippen LogP contribution in [-0.4, -0.2) is 38.8 Å². The quantitative estimate of drug-likeness (QED) is 0.766. The molecule has 0 aliphatic rings. The molecule has 0 heterocycles. The number of rotatable bonds is 8. The van der Waals surface area contributed by atoms with Gasteiger partial charge in [0.2, 0.25) is 0 Å². The molecule has 1 atom stereocenters. The summed E-state index contributed by atoms with van der Waals surface area (Å²) in [5.41, 5.74) is 0. The van der Waals surface area contributed by atoms with Crippen LogP contribution in [0.4, 0.5) is 0 Å². The van der Waals surface area contributed by atoms with Gasteiger partial charge in [-0.25, -0.2) is 0 Å². The topological polar surface area (TPSA) is 59.6 Å². The average molecular weight is 303 g/mol. The Kier molecular flexibility index (Phi) is 9.59. The van der Waals surface area contributed by atoms with Crippen LogP contribution in [0.3, 0.4) is 0 Å². The molecule has 0 saturated heterocycles. The summed E-state index contributed by atoms with van der Waals surface area (Å²) >= 11 is 0. The zero-order valence-corrected chi connectivity index (χ0v) is 13.0.